The molecule has 2 nitrogen and oxygen atoms in total. The van der Waals surface area contributed by atoms with Crippen LogP contribution in [0.4, 0.5) is 0 Å². The lowest BCUT2D eigenvalue weighted by Crippen LogP contribution is -2.18. The zero-order chi connectivity index (χ0) is 11.8. The Bertz CT molecular complexity index is 209. The Morgan fingerprint density at radius 2 is 2.38 bits per heavy atom. The molecular weight excluding hydrogens is 240 g/mol. The predicted octanol–water partition coefficient (Wildman–Crippen LogP) is 3.64. The van der Waals surface area contributed by atoms with E-state index in [0.717, 1.165) is 24.7 Å². The second-order valence-corrected chi connectivity index (χ2v) is 6.01. The third kappa shape index (κ3) is 6.06. The molecule has 0 amide bonds. The van der Waals surface area contributed by atoms with Crippen LogP contribution in [0.3, 0.4) is 0 Å². The van der Waals surface area contributed by atoms with Crippen molar-refractivity contribution in [2.24, 2.45) is 5.92 Å². The Morgan fingerprint density at radius 3 is 3.00 bits per heavy atom. The molecule has 0 aromatic heterocycles. The molecule has 1 aliphatic rings. The summed E-state index contributed by atoms with van der Waals surface area (Å²) in [5.74, 6) is 1.80. The maximum Gasteiger partial charge on any atom is 0.220 e. The number of rotatable bonds is 8. The van der Waals surface area contributed by atoms with Crippen molar-refractivity contribution >= 4 is 28.4 Å². The van der Waals surface area contributed by atoms with Gasteiger partial charge in [-0.25, -0.2) is 0 Å². The lowest BCUT2D eigenvalue weighted by molar-refractivity contribution is 0.0597. The minimum Gasteiger partial charge on any atom is -0.472 e. The van der Waals surface area contributed by atoms with E-state index >= 15 is 0 Å². The van der Waals surface area contributed by atoms with E-state index in [9.17, 15) is 0 Å². The molecule has 0 N–H and O–H groups in total. The third-order valence-corrected chi connectivity index (χ3v) is 4.21. The topological polar surface area (TPSA) is 18.5 Å². The van der Waals surface area contributed by atoms with Crippen molar-refractivity contribution in [3.05, 3.63) is 0 Å². The summed E-state index contributed by atoms with van der Waals surface area (Å²) in [6.07, 6.45) is 5.22. The molecule has 0 bridgehead atoms. The van der Waals surface area contributed by atoms with Crippen LogP contribution in [-0.2, 0) is 9.47 Å². The quantitative estimate of drug-likeness (QED) is 0.491. The van der Waals surface area contributed by atoms with Gasteiger partial charge < -0.3 is 9.47 Å². The first kappa shape index (κ1) is 14.3. The van der Waals surface area contributed by atoms with Crippen molar-refractivity contribution in [2.45, 2.75) is 45.6 Å². The van der Waals surface area contributed by atoms with Gasteiger partial charge in [0.2, 0.25) is 4.38 Å². The van der Waals surface area contributed by atoms with Gasteiger partial charge in [0.1, 0.15) is 6.10 Å². The van der Waals surface area contributed by atoms with Gasteiger partial charge in [0, 0.05) is 12.4 Å². The first-order valence-electron chi connectivity index (χ1n) is 6.13. The number of hydrogen-bond acceptors (Lipinski definition) is 4. The summed E-state index contributed by atoms with van der Waals surface area (Å²) in [6.45, 7) is 6.11. The van der Waals surface area contributed by atoms with Gasteiger partial charge in [-0.2, -0.15) is 0 Å². The predicted molar refractivity (Wildman–Crippen MR) is 74.1 cm³/mol. The van der Waals surface area contributed by atoms with Gasteiger partial charge in [-0.3, -0.25) is 0 Å². The van der Waals surface area contributed by atoms with Gasteiger partial charge >= 0.3 is 0 Å². The number of thioether (sulfide) groups is 1. The fourth-order valence-electron chi connectivity index (χ4n) is 1.56. The van der Waals surface area contributed by atoms with Gasteiger partial charge in [0.05, 0.1) is 6.61 Å². The normalized spacial score (nSPS) is 22.1. The van der Waals surface area contributed by atoms with Gasteiger partial charge in [0.15, 0.2) is 0 Å². The second kappa shape index (κ2) is 8.31. The zero-order valence-electron chi connectivity index (χ0n) is 10.2. The van der Waals surface area contributed by atoms with Crippen LogP contribution in [0.1, 0.15) is 39.5 Å². The average Bonchev–Trinajstić information content (AvgIpc) is 2.69. The fraction of sp³-hybridized carbons (Fsp3) is 0.917. The fourth-order valence-corrected chi connectivity index (χ4v) is 2.59. The Balaban J connectivity index is 1.86. The molecule has 0 aromatic carbocycles. The number of ether oxygens (including phenoxy) is 2. The van der Waals surface area contributed by atoms with Crippen molar-refractivity contribution in [1.29, 1.82) is 0 Å². The summed E-state index contributed by atoms with van der Waals surface area (Å²) < 4.78 is 11.6. The molecule has 0 aliphatic carbocycles. The first-order valence-corrected chi connectivity index (χ1v) is 7.53. The molecule has 94 valence electrons. The van der Waals surface area contributed by atoms with E-state index in [2.05, 4.69) is 13.8 Å². The summed E-state index contributed by atoms with van der Waals surface area (Å²) in [5, 5.41) is 0. The third-order valence-electron chi connectivity index (χ3n) is 2.89. The van der Waals surface area contributed by atoms with Crippen LogP contribution in [0.2, 0.25) is 0 Å². The van der Waals surface area contributed by atoms with Gasteiger partial charge in [-0.1, -0.05) is 44.9 Å². The molecule has 2 unspecified atom stereocenters. The average molecular weight is 262 g/mol. The van der Waals surface area contributed by atoms with Crippen LogP contribution in [0.15, 0.2) is 0 Å². The highest BCUT2D eigenvalue weighted by Crippen LogP contribution is 2.20. The van der Waals surface area contributed by atoms with E-state index in [1.165, 1.54) is 19.3 Å². The Morgan fingerprint density at radius 1 is 1.56 bits per heavy atom. The van der Waals surface area contributed by atoms with Gasteiger partial charge in [-0.05, 0) is 24.6 Å². The van der Waals surface area contributed by atoms with E-state index in [0.29, 0.717) is 11.0 Å². The SMILES string of the molecule is CCC(C)CCCCOCC1CSC(=S)O1. The molecule has 2 atom stereocenters. The lowest BCUT2D eigenvalue weighted by atomic mass is 10.0. The number of hydrogen-bond donors (Lipinski definition) is 0. The van der Waals surface area contributed by atoms with Crippen molar-refractivity contribution < 1.29 is 9.47 Å². The standard InChI is InChI=1S/C12H22O2S2/c1-3-10(2)6-4-5-7-13-8-11-9-16-12(15)14-11/h10-11H,3-9H2,1-2H3. The van der Waals surface area contributed by atoms with Crippen molar-refractivity contribution in [3.8, 4) is 0 Å². The minimum absolute atomic E-state index is 0.187. The first-order chi connectivity index (χ1) is 7.72. The smallest absolute Gasteiger partial charge is 0.220 e. The maximum atomic E-state index is 5.58. The maximum absolute atomic E-state index is 5.58. The summed E-state index contributed by atoms with van der Waals surface area (Å²) in [6, 6.07) is 0. The Kier molecular flexibility index (Phi) is 7.41. The van der Waals surface area contributed by atoms with Crippen LogP contribution in [0, 0.1) is 5.92 Å². The molecule has 0 aromatic rings. The van der Waals surface area contributed by atoms with E-state index < -0.39 is 0 Å². The van der Waals surface area contributed by atoms with Crippen LogP contribution in [0.25, 0.3) is 0 Å². The molecule has 0 saturated carbocycles. The number of unbranched alkanes of at least 4 members (excludes halogenated alkanes) is 1. The molecule has 4 heteroatoms. The van der Waals surface area contributed by atoms with Crippen LogP contribution < -0.4 is 0 Å². The van der Waals surface area contributed by atoms with Gasteiger partial charge in [0.25, 0.3) is 0 Å². The number of thiocarbonyl (C=S) groups is 1. The molecular formula is C12H22O2S2. The highest BCUT2D eigenvalue weighted by Gasteiger charge is 2.20. The summed E-state index contributed by atoms with van der Waals surface area (Å²) in [4.78, 5) is 0. The molecule has 0 radical (unpaired) electrons. The molecule has 0 spiro atoms. The van der Waals surface area contributed by atoms with Crippen molar-refractivity contribution in [3.63, 3.8) is 0 Å². The largest absolute Gasteiger partial charge is 0.472 e. The van der Waals surface area contributed by atoms with E-state index in [4.69, 9.17) is 21.7 Å². The zero-order valence-corrected chi connectivity index (χ0v) is 11.9. The highest BCUT2D eigenvalue weighted by molar-refractivity contribution is 8.22. The second-order valence-electron chi connectivity index (χ2n) is 4.38. The van der Waals surface area contributed by atoms with Gasteiger partial charge in [-0.15, -0.1) is 0 Å². The molecule has 1 fully saturated rings. The summed E-state index contributed by atoms with van der Waals surface area (Å²) in [5.41, 5.74) is 0. The summed E-state index contributed by atoms with van der Waals surface area (Å²) >= 11 is 6.55. The molecule has 1 rings (SSSR count). The summed E-state index contributed by atoms with van der Waals surface area (Å²) in [7, 11) is 0. The lowest BCUT2D eigenvalue weighted by Gasteiger charge is -2.10. The Hall–Kier alpha value is 0.200. The highest BCUT2D eigenvalue weighted by atomic mass is 32.2. The molecule has 1 heterocycles. The van der Waals surface area contributed by atoms with Crippen LogP contribution in [0.5, 0.6) is 0 Å². The van der Waals surface area contributed by atoms with Crippen molar-refractivity contribution in [1.82, 2.24) is 0 Å². The van der Waals surface area contributed by atoms with Crippen LogP contribution in [-0.4, -0.2) is 29.5 Å². The molecule has 1 saturated heterocycles. The Labute approximate surface area is 108 Å². The molecule has 1 aliphatic heterocycles. The van der Waals surface area contributed by atoms with E-state index in [1.54, 1.807) is 11.8 Å². The van der Waals surface area contributed by atoms with E-state index in [-0.39, 0.29) is 6.10 Å². The van der Waals surface area contributed by atoms with Crippen molar-refractivity contribution in [2.75, 3.05) is 19.0 Å². The minimum atomic E-state index is 0.187. The van der Waals surface area contributed by atoms with E-state index in [1.807, 2.05) is 0 Å². The molecule has 16 heavy (non-hydrogen) atoms. The van der Waals surface area contributed by atoms with Crippen LogP contribution >= 0.6 is 24.0 Å². The monoisotopic (exact) mass is 262 g/mol.